The third-order valence-corrected chi connectivity index (χ3v) is 2.55. The zero-order chi connectivity index (χ0) is 7.56. The Bertz CT molecular complexity index is 136. The van der Waals surface area contributed by atoms with E-state index >= 15 is 0 Å². The molecule has 2 nitrogen and oxygen atoms in total. The quantitative estimate of drug-likeness (QED) is 0.559. The monoisotopic (exact) mass is 158 g/mol. The highest BCUT2D eigenvalue weighted by Gasteiger charge is 2.21. The summed E-state index contributed by atoms with van der Waals surface area (Å²) in [5, 5.41) is 3.03. The summed E-state index contributed by atoms with van der Waals surface area (Å²) in [6.07, 6.45) is 1.22. The molecule has 0 amide bonds. The lowest BCUT2D eigenvalue weighted by Gasteiger charge is -2.10. The maximum absolute atomic E-state index is 5.13. The largest absolute Gasteiger partial charge is 0.382 e. The average molecular weight is 158 g/mol. The van der Waals surface area contributed by atoms with Gasteiger partial charge in [0.05, 0.1) is 4.99 Å². The van der Waals surface area contributed by atoms with E-state index in [9.17, 15) is 0 Å². The number of thiocarbonyl (C=S) groups is 1. The predicted molar refractivity (Wildman–Crippen MR) is 47.3 cm³/mol. The van der Waals surface area contributed by atoms with Crippen molar-refractivity contribution in [3.8, 4) is 0 Å². The molecule has 0 radical (unpaired) electrons. The Labute approximate surface area is 67.6 Å². The van der Waals surface area contributed by atoms with Gasteiger partial charge in [-0.25, -0.2) is 0 Å². The van der Waals surface area contributed by atoms with Gasteiger partial charge in [0.1, 0.15) is 0 Å². The van der Waals surface area contributed by atoms with E-state index in [1.165, 1.54) is 13.0 Å². The van der Waals surface area contributed by atoms with Crippen molar-refractivity contribution < 1.29 is 0 Å². The minimum atomic E-state index is 0.602. The van der Waals surface area contributed by atoms with Crippen molar-refractivity contribution >= 4 is 17.2 Å². The average Bonchev–Trinajstić information content (AvgIpc) is 2.34. The Hall–Kier alpha value is -0.150. The van der Waals surface area contributed by atoms with Crippen LogP contribution in [0.2, 0.25) is 0 Å². The summed E-state index contributed by atoms with van der Waals surface area (Å²) < 4.78 is 0. The van der Waals surface area contributed by atoms with Crippen LogP contribution < -0.4 is 5.32 Å². The maximum atomic E-state index is 5.13. The minimum Gasteiger partial charge on any atom is -0.382 e. The Morgan fingerprint density at radius 1 is 1.70 bits per heavy atom. The van der Waals surface area contributed by atoms with E-state index in [1.807, 2.05) is 7.05 Å². The molecule has 3 heteroatoms. The fraction of sp³-hybridized carbons (Fsp3) is 0.857. The molecule has 1 rings (SSSR count). The van der Waals surface area contributed by atoms with Gasteiger partial charge in [0, 0.05) is 19.5 Å². The zero-order valence-electron chi connectivity index (χ0n) is 6.55. The van der Waals surface area contributed by atoms with Crippen LogP contribution in [0.3, 0.4) is 0 Å². The van der Waals surface area contributed by atoms with Gasteiger partial charge in [0.25, 0.3) is 0 Å². The van der Waals surface area contributed by atoms with Crippen molar-refractivity contribution in [3.05, 3.63) is 0 Å². The van der Waals surface area contributed by atoms with Crippen LogP contribution in [0, 0.1) is 5.92 Å². The highest BCUT2D eigenvalue weighted by Crippen LogP contribution is 2.14. The highest BCUT2D eigenvalue weighted by atomic mass is 32.1. The molecule has 1 saturated heterocycles. The van der Waals surface area contributed by atoms with Crippen LogP contribution in [-0.2, 0) is 0 Å². The van der Waals surface area contributed by atoms with Crippen molar-refractivity contribution in [1.29, 1.82) is 0 Å². The second-order valence-corrected chi connectivity index (χ2v) is 3.30. The second kappa shape index (κ2) is 3.30. The number of hydrogen-bond acceptors (Lipinski definition) is 2. The van der Waals surface area contributed by atoms with Gasteiger partial charge in [-0.15, -0.1) is 0 Å². The van der Waals surface area contributed by atoms with Crippen molar-refractivity contribution in [2.24, 2.45) is 5.92 Å². The normalized spacial score (nSPS) is 26.8. The van der Waals surface area contributed by atoms with E-state index in [0.29, 0.717) is 5.92 Å². The molecule has 10 heavy (non-hydrogen) atoms. The third kappa shape index (κ3) is 1.67. The highest BCUT2D eigenvalue weighted by molar-refractivity contribution is 7.80. The van der Waals surface area contributed by atoms with Gasteiger partial charge in [-0.05, 0) is 20.0 Å². The van der Waals surface area contributed by atoms with Crippen LogP contribution in [0.5, 0.6) is 0 Å². The number of rotatable bonds is 1. The molecular formula is C7H14N2S. The smallest absolute Gasteiger partial charge is 0.0795 e. The molecule has 1 aliphatic rings. The SMILES string of the molecule is CNC(=S)C1CCN(C)C1. The molecule has 58 valence electrons. The molecule has 0 aromatic heterocycles. The van der Waals surface area contributed by atoms with E-state index in [4.69, 9.17) is 12.2 Å². The zero-order valence-corrected chi connectivity index (χ0v) is 7.37. The molecule has 1 atom stereocenters. The molecule has 0 aromatic carbocycles. The first-order valence-electron chi connectivity index (χ1n) is 3.64. The van der Waals surface area contributed by atoms with Gasteiger partial charge in [-0.2, -0.15) is 0 Å². The third-order valence-electron chi connectivity index (χ3n) is 2.01. The molecule has 0 aromatic rings. The summed E-state index contributed by atoms with van der Waals surface area (Å²) in [7, 11) is 4.04. The van der Waals surface area contributed by atoms with Crippen LogP contribution >= 0.6 is 12.2 Å². The number of nitrogens with one attached hydrogen (secondary N) is 1. The molecular weight excluding hydrogens is 144 g/mol. The van der Waals surface area contributed by atoms with E-state index in [0.717, 1.165) is 11.5 Å². The van der Waals surface area contributed by atoms with E-state index < -0.39 is 0 Å². The first kappa shape index (κ1) is 7.95. The van der Waals surface area contributed by atoms with Gasteiger partial charge in [0.2, 0.25) is 0 Å². The Kier molecular flexibility index (Phi) is 2.63. The van der Waals surface area contributed by atoms with Crippen LogP contribution in [-0.4, -0.2) is 37.1 Å². The Morgan fingerprint density at radius 2 is 2.40 bits per heavy atom. The molecule has 1 aliphatic heterocycles. The fourth-order valence-corrected chi connectivity index (χ4v) is 1.55. The Morgan fingerprint density at radius 3 is 2.80 bits per heavy atom. The van der Waals surface area contributed by atoms with Gasteiger partial charge < -0.3 is 10.2 Å². The molecule has 0 bridgehead atoms. The lowest BCUT2D eigenvalue weighted by atomic mass is 10.1. The van der Waals surface area contributed by atoms with Crippen LogP contribution in [0.1, 0.15) is 6.42 Å². The lowest BCUT2D eigenvalue weighted by molar-refractivity contribution is 0.411. The van der Waals surface area contributed by atoms with Crippen LogP contribution in [0.25, 0.3) is 0 Å². The molecule has 1 fully saturated rings. The maximum Gasteiger partial charge on any atom is 0.0795 e. The van der Waals surface area contributed by atoms with Crippen molar-refractivity contribution in [3.63, 3.8) is 0 Å². The lowest BCUT2D eigenvalue weighted by Crippen LogP contribution is -2.27. The Balaban J connectivity index is 2.37. The van der Waals surface area contributed by atoms with E-state index in [2.05, 4.69) is 17.3 Å². The van der Waals surface area contributed by atoms with E-state index in [1.54, 1.807) is 0 Å². The predicted octanol–water partition coefficient (Wildman–Crippen LogP) is 0.485. The standard InChI is InChI=1S/C7H14N2S/c1-8-7(10)6-3-4-9(2)5-6/h6H,3-5H2,1-2H3,(H,8,10). The van der Waals surface area contributed by atoms with Crippen LogP contribution in [0.4, 0.5) is 0 Å². The molecule has 1 N–H and O–H groups in total. The van der Waals surface area contributed by atoms with Crippen molar-refractivity contribution in [2.45, 2.75) is 6.42 Å². The second-order valence-electron chi connectivity index (χ2n) is 2.86. The summed E-state index contributed by atoms with van der Waals surface area (Å²) >= 11 is 5.13. The number of nitrogens with zero attached hydrogens (tertiary/aromatic N) is 1. The molecule has 1 heterocycles. The van der Waals surface area contributed by atoms with Crippen molar-refractivity contribution in [2.75, 3.05) is 27.2 Å². The van der Waals surface area contributed by atoms with Gasteiger partial charge in [0.15, 0.2) is 0 Å². The molecule has 1 unspecified atom stereocenters. The molecule has 0 aliphatic carbocycles. The topological polar surface area (TPSA) is 15.3 Å². The molecule has 0 saturated carbocycles. The summed E-state index contributed by atoms with van der Waals surface area (Å²) in [6.45, 7) is 2.31. The molecule has 0 spiro atoms. The van der Waals surface area contributed by atoms with Crippen LogP contribution in [0.15, 0.2) is 0 Å². The van der Waals surface area contributed by atoms with Crippen molar-refractivity contribution in [1.82, 2.24) is 10.2 Å². The summed E-state index contributed by atoms with van der Waals surface area (Å²) in [5.74, 6) is 0.602. The number of hydrogen-bond donors (Lipinski definition) is 1. The first-order chi connectivity index (χ1) is 4.74. The fourth-order valence-electron chi connectivity index (χ4n) is 1.35. The van der Waals surface area contributed by atoms with Gasteiger partial charge >= 0.3 is 0 Å². The minimum absolute atomic E-state index is 0.602. The van der Waals surface area contributed by atoms with E-state index in [-0.39, 0.29) is 0 Å². The van der Waals surface area contributed by atoms with Gasteiger partial charge in [-0.3, -0.25) is 0 Å². The number of likely N-dealkylation sites (tertiary alicyclic amines) is 1. The first-order valence-corrected chi connectivity index (χ1v) is 4.05. The summed E-state index contributed by atoms with van der Waals surface area (Å²) in [4.78, 5) is 3.33. The summed E-state index contributed by atoms with van der Waals surface area (Å²) in [6, 6.07) is 0. The summed E-state index contributed by atoms with van der Waals surface area (Å²) in [5.41, 5.74) is 0. The van der Waals surface area contributed by atoms with Gasteiger partial charge in [-0.1, -0.05) is 12.2 Å².